The van der Waals surface area contributed by atoms with Gasteiger partial charge in [-0.2, -0.15) is 0 Å². The van der Waals surface area contributed by atoms with Crippen molar-refractivity contribution in [2.75, 3.05) is 13.7 Å². The summed E-state index contributed by atoms with van der Waals surface area (Å²) in [6.45, 7) is 0.664. The molecule has 0 aliphatic carbocycles. The van der Waals surface area contributed by atoms with E-state index < -0.39 is 0 Å². The normalized spacial score (nSPS) is 14.7. The SMILES string of the molecule is COc1ccc2[nH]c3c(c2n1)CCNC3=O. The highest BCUT2D eigenvalue weighted by atomic mass is 16.5. The third kappa shape index (κ3) is 1.18. The number of carbonyl (C=O) groups excluding carboxylic acids is 1. The molecule has 5 heteroatoms. The quantitative estimate of drug-likeness (QED) is 0.744. The molecule has 16 heavy (non-hydrogen) atoms. The molecule has 0 atom stereocenters. The van der Waals surface area contributed by atoms with Crippen LogP contribution in [0.15, 0.2) is 12.1 Å². The van der Waals surface area contributed by atoms with E-state index in [4.69, 9.17) is 4.74 Å². The minimum atomic E-state index is -0.0572. The maximum absolute atomic E-state index is 11.6. The second-order valence-electron chi connectivity index (χ2n) is 3.73. The van der Waals surface area contributed by atoms with Gasteiger partial charge in [0.15, 0.2) is 0 Å². The number of methoxy groups -OCH3 is 1. The van der Waals surface area contributed by atoms with Crippen molar-refractivity contribution in [2.24, 2.45) is 0 Å². The maximum atomic E-state index is 11.6. The number of hydrogen-bond donors (Lipinski definition) is 2. The van der Waals surface area contributed by atoms with E-state index in [-0.39, 0.29) is 5.91 Å². The highest BCUT2D eigenvalue weighted by Gasteiger charge is 2.22. The molecule has 0 saturated heterocycles. The fourth-order valence-corrected chi connectivity index (χ4v) is 2.04. The smallest absolute Gasteiger partial charge is 0.268 e. The minimum absolute atomic E-state index is 0.0572. The molecular weight excluding hydrogens is 206 g/mol. The summed E-state index contributed by atoms with van der Waals surface area (Å²) in [6, 6.07) is 3.66. The topological polar surface area (TPSA) is 67.0 Å². The van der Waals surface area contributed by atoms with Crippen LogP contribution in [0.5, 0.6) is 5.88 Å². The number of fused-ring (bicyclic) bond motifs is 3. The zero-order chi connectivity index (χ0) is 11.1. The van der Waals surface area contributed by atoms with Crippen molar-refractivity contribution in [3.05, 3.63) is 23.4 Å². The van der Waals surface area contributed by atoms with Gasteiger partial charge in [0.25, 0.3) is 5.91 Å². The van der Waals surface area contributed by atoms with E-state index in [2.05, 4.69) is 15.3 Å². The number of aromatic amines is 1. The Bertz CT molecular complexity index is 574. The molecule has 82 valence electrons. The Morgan fingerprint density at radius 2 is 2.31 bits per heavy atom. The molecule has 0 fully saturated rings. The molecule has 0 spiro atoms. The van der Waals surface area contributed by atoms with Gasteiger partial charge in [0.2, 0.25) is 5.88 Å². The molecule has 0 bridgehead atoms. The van der Waals surface area contributed by atoms with E-state index in [9.17, 15) is 4.79 Å². The number of amides is 1. The molecular formula is C11H11N3O2. The number of ether oxygens (including phenoxy) is 1. The number of aromatic nitrogens is 2. The number of pyridine rings is 1. The molecule has 3 heterocycles. The van der Waals surface area contributed by atoms with Gasteiger partial charge in [0.05, 0.1) is 18.1 Å². The largest absolute Gasteiger partial charge is 0.481 e. The van der Waals surface area contributed by atoms with Gasteiger partial charge in [-0.15, -0.1) is 0 Å². The first-order valence-electron chi connectivity index (χ1n) is 5.13. The van der Waals surface area contributed by atoms with Crippen LogP contribution in [0.1, 0.15) is 16.1 Å². The van der Waals surface area contributed by atoms with Gasteiger partial charge in [-0.1, -0.05) is 0 Å². The van der Waals surface area contributed by atoms with E-state index in [0.29, 0.717) is 18.1 Å². The summed E-state index contributed by atoms with van der Waals surface area (Å²) < 4.78 is 5.08. The first-order chi connectivity index (χ1) is 7.79. The number of rotatable bonds is 1. The van der Waals surface area contributed by atoms with E-state index in [1.54, 1.807) is 13.2 Å². The Balaban J connectivity index is 2.29. The molecule has 2 aromatic heterocycles. The lowest BCUT2D eigenvalue weighted by Gasteiger charge is -2.11. The molecule has 2 aromatic rings. The molecule has 0 radical (unpaired) electrons. The summed E-state index contributed by atoms with van der Waals surface area (Å²) in [4.78, 5) is 19.1. The van der Waals surface area contributed by atoms with Crippen molar-refractivity contribution in [1.29, 1.82) is 0 Å². The van der Waals surface area contributed by atoms with Crippen molar-refractivity contribution in [3.8, 4) is 5.88 Å². The molecule has 1 aliphatic rings. The summed E-state index contributed by atoms with van der Waals surface area (Å²) in [6.07, 6.45) is 0.807. The summed E-state index contributed by atoms with van der Waals surface area (Å²) in [7, 11) is 1.58. The molecule has 0 aromatic carbocycles. The third-order valence-electron chi connectivity index (χ3n) is 2.81. The predicted octanol–water partition coefficient (Wildman–Crippen LogP) is 0.857. The number of H-pyrrole nitrogens is 1. The van der Waals surface area contributed by atoms with Crippen molar-refractivity contribution >= 4 is 16.9 Å². The Morgan fingerprint density at radius 1 is 1.44 bits per heavy atom. The van der Waals surface area contributed by atoms with Crippen molar-refractivity contribution < 1.29 is 9.53 Å². The zero-order valence-electron chi connectivity index (χ0n) is 8.83. The van der Waals surface area contributed by atoms with Crippen LogP contribution in [0.4, 0.5) is 0 Å². The standard InChI is InChI=1S/C11H11N3O2/c1-16-8-3-2-7-9(14-8)6-4-5-12-11(15)10(6)13-7/h2-3,13H,4-5H2,1H3,(H,12,15). The van der Waals surface area contributed by atoms with Crippen LogP contribution in [-0.2, 0) is 6.42 Å². The predicted molar refractivity (Wildman–Crippen MR) is 58.7 cm³/mol. The van der Waals surface area contributed by atoms with E-state index in [0.717, 1.165) is 23.0 Å². The Hall–Kier alpha value is -2.04. The number of hydrogen-bond acceptors (Lipinski definition) is 3. The van der Waals surface area contributed by atoms with Gasteiger partial charge in [-0.05, 0) is 12.5 Å². The van der Waals surface area contributed by atoms with Gasteiger partial charge in [-0.3, -0.25) is 4.79 Å². The molecule has 1 amide bonds. The summed E-state index contributed by atoms with van der Waals surface area (Å²) in [5.41, 5.74) is 3.33. The van der Waals surface area contributed by atoms with Gasteiger partial charge < -0.3 is 15.0 Å². The average molecular weight is 217 g/mol. The first kappa shape index (κ1) is 9.21. The highest BCUT2D eigenvalue weighted by Crippen LogP contribution is 2.25. The molecule has 5 nitrogen and oxygen atoms in total. The van der Waals surface area contributed by atoms with Crippen LogP contribution in [0.2, 0.25) is 0 Å². The van der Waals surface area contributed by atoms with Gasteiger partial charge in [0, 0.05) is 18.2 Å². The maximum Gasteiger partial charge on any atom is 0.268 e. The van der Waals surface area contributed by atoms with Crippen LogP contribution >= 0.6 is 0 Å². The second-order valence-corrected chi connectivity index (χ2v) is 3.73. The number of carbonyl (C=O) groups is 1. The molecule has 0 saturated carbocycles. The van der Waals surface area contributed by atoms with Crippen LogP contribution in [0, 0.1) is 0 Å². The lowest BCUT2D eigenvalue weighted by molar-refractivity contribution is 0.0942. The van der Waals surface area contributed by atoms with Gasteiger partial charge in [0.1, 0.15) is 5.69 Å². The van der Waals surface area contributed by atoms with Crippen LogP contribution in [-0.4, -0.2) is 29.5 Å². The molecule has 3 rings (SSSR count). The molecule has 2 N–H and O–H groups in total. The molecule has 0 unspecified atom stereocenters. The van der Waals surface area contributed by atoms with Crippen LogP contribution < -0.4 is 10.1 Å². The van der Waals surface area contributed by atoms with E-state index in [1.807, 2.05) is 6.07 Å². The Kier molecular flexibility index (Phi) is 1.86. The third-order valence-corrected chi connectivity index (χ3v) is 2.81. The average Bonchev–Trinajstić information content (AvgIpc) is 2.68. The van der Waals surface area contributed by atoms with Gasteiger partial charge >= 0.3 is 0 Å². The van der Waals surface area contributed by atoms with Crippen molar-refractivity contribution in [2.45, 2.75) is 6.42 Å². The Morgan fingerprint density at radius 3 is 3.12 bits per heavy atom. The van der Waals surface area contributed by atoms with E-state index >= 15 is 0 Å². The molecule has 1 aliphatic heterocycles. The second kappa shape index (κ2) is 3.23. The summed E-state index contributed by atoms with van der Waals surface area (Å²) in [5.74, 6) is 0.512. The number of nitrogens with zero attached hydrogens (tertiary/aromatic N) is 1. The van der Waals surface area contributed by atoms with Crippen LogP contribution in [0.3, 0.4) is 0 Å². The van der Waals surface area contributed by atoms with E-state index in [1.165, 1.54) is 0 Å². The summed E-state index contributed by atoms with van der Waals surface area (Å²) >= 11 is 0. The van der Waals surface area contributed by atoms with Crippen molar-refractivity contribution in [1.82, 2.24) is 15.3 Å². The lowest BCUT2D eigenvalue weighted by atomic mass is 10.1. The summed E-state index contributed by atoms with van der Waals surface area (Å²) in [5, 5.41) is 2.80. The fraction of sp³-hybridized carbons (Fsp3) is 0.273. The monoisotopic (exact) mass is 217 g/mol. The van der Waals surface area contributed by atoms with Crippen molar-refractivity contribution in [3.63, 3.8) is 0 Å². The van der Waals surface area contributed by atoms with Crippen LogP contribution in [0.25, 0.3) is 11.0 Å². The fourth-order valence-electron chi connectivity index (χ4n) is 2.04. The highest BCUT2D eigenvalue weighted by molar-refractivity contribution is 6.01. The number of nitrogens with one attached hydrogen (secondary N) is 2. The Labute approximate surface area is 91.8 Å². The zero-order valence-corrected chi connectivity index (χ0v) is 8.83. The minimum Gasteiger partial charge on any atom is -0.481 e. The lowest BCUT2D eigenvalue weighted by Crippen LogP contribution is -2.31. The van der Waals surface area contributed by atoms with Gasteiger partial charge in [-0.25, -0.2) is 4.98 Å². The first-order valence-corrected chi connectivity index (χ1v) is 5.13.